The van der Waals surface area contributed by atoms with Crippen LogP contribution in [0.25, 0.3) is 0 Å². The summed E-state index contributed by atoms with van der Waals surface area (Å²) in [4.78, 5) is 12.4. The molecule has 0 radical (unpaired) electrons. The van der Waals surface area contributed by atoms with Crippen LogP contribution in [0.1, 0.15) is 17.8 Å². The Morgan fingerprint density at radius 2 is 2.31 bits per heavy atom. The van der Waals surface area contributed by atoms with Crippen LogP contribution >= 0.6 is 11.3 Å². The van der Waals surface area contributed by atoms with E-state index in [9.17, 15) is 4.79 Å². The lowest BCUT2D eigenvalue weighted by Gasteiger charge is -2.19. The molecular formula is C9H14N2OS. The van der Waals surface area contributed by atoms with Crippen LogP contribution in [0, 0.1) is 0 Å². The van der Waals surface area contributed by atoms with E-state index in [1.165, 1.54) is 0 Å². The minimum atomic E-state index is -0.199. The maximum Gasteiger partial charge on any atom is 0.153 e. The third-order valence-corrected chi connectivity index (χ3v) is 2.56. The molecule has 0 aliphatic rings. The Hall–Kier alpha value is -0.710. The van der Waals surface area contributed by atoms with Gasteiger partial charge in [0, 0.05) is 19.0 Å². The van der Waals surface area contributed by atoms with E-state index >= 15 is 0 Å². The highest BCUT2D eigenvalue weighted by atomic mass is 32.1. The van der Waals surface area contributed by atoms with E-state index in [0.29, 0.717) is 0 Å². The van der Waals surface area contributed by atoms with Crippen molar-refractivity contribution in [2.45, 2.75) is 13.0 Å². The molecule has 0 fully saturated rings. The summed E-state index contributed by atoms with van der Waals surface area (Å²) in [6.45, 7) is 1.60. The number of nitrogens with one attached hydrogen (secondary N) is 1. The van der Waals surface area contributed by atoms with E-state index in [4.69, 9.17) is 0 Å². The van der Waals surface area contributed by atoms with Gasteiger partial charge in [-0.15, -0.1) is 11.3 Å². The highest BCUT2D eigenvalue weighted by Crippen LogP contribution is 2.19. The van der Waals surface area contributed by atoms with E-state index < -0.39 is 0 Å². The van der Waals surface area contributed by atoms with Crippen molar-refractivity contribution in [2.75, 3.05) is 14.1 Å². The summed E-state index contributed by atoms with van der Waals surface area (Å²) in [5.41, 5.74) is 3.08. The van der Waals surface area contributed by atoms with Gasteiger partial charge < -0.3 is 0 Å². The second-order valence-corrected chi connectivity index (χ2v) is 4.06. The number of thiophene rings is 1. The molecule has 1 aromatic rings. The lowest BCUT2D eigenvalue weighted by Crippen LogP contribution is -2.37. The number of hydrogen-bond acceptors (Lipinski definition) is 4. The molecule has 0 aromatic carbocycles. The monoisotopic (exact) mass is 198 g/mol. The summed E-state index contributed by atoms with van der Waals surface area (Å²) in [6, 6.07) is 3.72. The zero-order valence-electron chi connectivity index (χ0n) is 8.07. The number of carbonyl (C=O) groups is 1. The minimum Gasteiger partial charge on any atom is -0.298 e. The van der Waals surface area contributed by atoms with Crippen LogP contribution in [0.15, 0.2) is 17.5 Å². The standard InChI is InChI=1S/C9H14N2OS/c1-7(12)9(10-11(2)3)8-5-4-6-13-8/h4-6,9-10H,1-3H3. The van der Waals surface area contributed by atoms with E-state index in [0.717, 1.165) is 4.88 Å². The van der Waals surface area contributed by atoms with Gasteiger partial charge in [-0.25, -0.2) is 10.4 Å². The first kappa shape index (κ1) is 10.4. The molecule has 0 amide bonds. The summed E-state index contributed by atoms with van der Waals surface area (Å²) < 4.78 is 0. The number of Topliss-reactive ketones (excluding diaryl/α,β-unsaturated/α-hetero) is 1. The molecule has 1 atom stereocenters. The van der Waals surface area contributed by atoms with Crippen LogP contribution in [0.4, 0.5) is 0 Å². The first-order chi connectivity index (χ1) is 6.11. The highest BCUT2D eigenvalue weighted by molar-refractivity contribution is 7.10. The number of carbonyl (C=O) groups excluding carboxylic acids is 1. The third-order valence-electron chi connectivity index (χ3n) is 1.62. The van der Waals surface area contributed by atoms with Crippen molar-refractivity contribution in [1.29, 1.82) is 0 Å². The number of rotatable bonds is 4. The molecule has 0 saturated carbocycles. The van der Waals surface area contributed by atoms with Gasteiger partial charge in [0.1, 0.15) is 6.04 Å². The summed E-state index contributed by atoms with van der Waals surface area (Å²) >= 11 is 1.59. The Morgan fingerprint density at radius 1 is 1.62 bits per heavy atom. The molecule has 3 nitrogen and oxygen atoms in total. The zero-order valence-corrected chi connectivity index (χ0v) is 8.89. The molecule has 13 heavy (non-hydrogen) atoms. The molecule has 1 rings (SSSR count). The molecule has 0 bridgehead atoms. The third kappa shape index (κ3) is 2.91. The van der Waals surface area contributed by atoms with Crippen molar-refractivity contribution in [3.63, 3.8) is 0 Å². The number of ketones is 1. The van der Waals surface area contributed by atoms with Crippen molar-refractivity contribution in [3.8, 4) is 0 Å². The average molecular weight is 198 g/mol. The van der Waals surface area contributed by atoms with Gasteiger partial charge in [-0.2, -0.15) is 0 Å². The predicted octanol–water partition coefficient (Wildman–Crippen LogP) is 1.44. The fraction of sp³-hybridized carbons (Fsp3) is 0.444. The molecule has 0 saturated heterocycles. The first-order valence-corrected chi connectivity index (χ1v) is 4.96. The Bertz CT molecular complexity index is 269. The van der Waals surface area contributed by atoms with Crippen molar-refractivity contribution >= 4 is 17.1 Å². The Balaban J connectivity index is 2.75. The lowest BCUT2D eigenvalue weighted by atomic mass is 10.2. The topological polar surface area (TPSA) is 32.3 Å². The molecule has 1 aromatic heterocycles. The second-order valence-electron chi connectivity index (χ2n) is 3.08. The van der Waals surface area contributed by atoms with E-state index in [1.54, 1.807) is 23.3 Å². The lowest BCUT2D eigenvalue weighted by molar-refractivity contribution is -0.120. The second kappa shape index (κ2) is 4.50. The van der Waals surface area contributed by atoms with Crippen molar-refractivity contribution < 1.29 is 4.79 Å². The molecular weight excluding hydrogens is 184 g/mol. The molecule has 72 valence electrons. The normalized spacial score (nSPS) is 13.2. The maximum atomic E-state index is 11.3. The van der Waals surface area contributed by atoms with E-state index in [-0.39, 0.29) is 11.8 Å². The maximum absolute atomic E-state index is 11.3. The molecule has 0 spiro atoms. The largest absolute Gasteiger partial charge is 0.298 e. The first-order valence-electron chi connectivity index (χ1n) is 4.08. The van der Waals surface area contributed by atoms with Crippen LogP contribution in [0.2, 0.25) is 0 Å². The van der Waals surface area contributed by atoms with Gasteiger partial charge in [-0.05, 0) is 18.4 Å². The molecule has 1 heterocycles. The minimum absolute atomic E-state index is 0.135. The molecule has 1 N–H and O–H groups in total. The molecule has 0 aliphatic heterocycles. The summed E-state index contributed by atoms with van der Waals surface area (Å²) in [7, 11) is 3.76. The van der Waals surface area contributed by atoms with E-state index in [2.05, 4.69) is 5.43 Å². The van der Waals surface area contributed by atoms with Crippen LogP contribution in [0.5, 0.6) is 0 Å². The number of hydrazine groups is 1. The molecule has 1 unspecified atom stereocenters. The zero-order chi connectivity index (χ0) is 9.84. The van der Waals surface area contributed by atoms with Crippen molar-refractivity contribution in [1.82, 2.24) is 10.4 Å². The average Bonchev–Trinajstić information content (AvgIpc) is 2.50. The molecule has 0 aliphatic carbocycles. The summed E-state index contributed by atoms with van der Waals surface area (Å²) in [5, 5.41) is 3.77. The van der Waals surface area contributed by atoms with Crippen molar-refractivity contribution in [2.24, 2.45) is 0 Å². The Morgan fingerprint density at radius 3 is 2.69 bits per heavy atom. The van der Waals surface area contributed by atoms with Gasteiger partial charge in [-0.1, -0.05) is 6.07 Å². The van der Waals surface area contributed by atoms with Gasteiger partial charge in [0.2, 0.25) is 0 Å². The van der Waals surface area contributed by atoms with E-state index in [1.807, 2.05) is 31.6 Å². The Kier molecular flexibility index (Phi) is 3.59. The molecule has 4 heteroatoms. The van der Waals surface area contributed by atoms with Crippen LogP contribution < -0.4 is 5.43 Å². The van der Waals surface area contributed by atoms with Crippen LogP contribution in [-0.4, -0.2) is 24.9 Å². The van der Waals surface area contributed by atoms with Gasteiger partial charge >= 0.3 is 0 Å². The van der Waals surface area contributed by atoms with Gasteiger partial charge in [0.25, 0.3) is 0 Å². The van der Waals surface area contributed by atoms with Crippen molar-refractivity contribution in [3.05, 3.63) is 22.4 Å². The smallest absolute Gasteiger partial charge is 0.153 e. The van der Waals surface area contributed by atoms with Gasteiger partial charge in [-0.3, -0.25) is 4.79 Å². The Labute approximate surface area is 82.3 Å². The SMILES string of the molecule is CC(=O)C(NN(C)C)c1cccs1. The van der Waals surface area contributed by atoms with Crippen LogP contribution in [-0.2, 0) is 4.79 Å². The van der Waals surface area contributed by atoms with Gasteiger partial charge in [0.15, 0.2) is 5.78 Å². The number of nitrogens with zero attached hydrogens (tertiary/aromatic N) is 1. The number of hydrogen-bond donors (Lipinski definition) is 1. The van der Waals surface area contributed by atoms with Gasteiger partial charge in [0.05, 0.1) is 0 Å². The summed E-state index contributed by atoms with van der Waals surface area (Å²) in [6.07, 6.45) is 0. The fourth-order valence-electron chi connectivity index (χ4n) is 1.07. The van der Waals surface area contributed by atoms with Crippen LogP contribution in [0.3, 0.4) is 0 Å². The quantitative estimate of drug-likeness (QED) is 0.743. The summed E-state index contributed by atoms with van der Waals surface area (Å²) in [5.74, 6) is 0.135. The fourth-order valence-corrected chi connectivity index (χ4v) is 1.89. The predicted molar refractivity (Wildman–Crippen MR) is 54.6 cm³/mol. The highest BCUT2D eigenvalue weighted by Gasteiger charge is 2.17.